The number of hydrogen-bond acceptors (Lipinski definition) is 7. The summed E-state index contributed by atoms with van der Waals surface area (Å²) in [6, 6.07) is 58.2. The second kappa shape index (κ2) is 12.5. The second-order valence-electron chi connectivity index (χ2n) is 14.2. The molecule has 0 unspecified atom stereocenters. The van der Waals surface area contributed by atoms with Crippen molar-refractivity contribution >= 4 is 75.3 Å². The largest absolute Gasteiger partial charge is 0.456 e. The summed E-state index contributed by atoms with van der Waals surface area (Å²) in [5.74, 6) is 2.37. The van der Waals surface area contributed by atoms with Crippen LogP contribution in [0, 0.1) is 0 Å². The molecule has 0 aliphatic rings. The minimum Gasteiger partial charge on any atom is -0.456 e. The first-order valence-electron chi connectivity index (χ1n) is 18.8. The molecule has 4 aromatic heterocycles. The summed E-state index contributed by atoms with van der Waals surface area (Å²) >= 11 is 1.78. The summed E-state index contributed by atoms with van der Waals surface area (Å²) in [6.07, 6.45) is 0. The number of aromatic nitrogens is 4. The number of hydrogen-bond donors (Lipinski definition) is 0. The Morgan fingerprint density at radius 2 is 0.982 bits per heavy atom. The molecule has 0 saturated carbocycles. The Morgan fingerprint density at radius 1 is 0.368 bits per heavy atom. The van der Waals surface area contributed by atoms with Crippen LogP contribution < -0.4 is 0 Å². The molecule has 7 heteroatoms. The van der Waals surface area contributed by atoms with E-state index in [0.717, 1.165) is 71.6 Å². The fraction of sp³-hybridized carbons (Fsp3) is 0. The van der Waals surface area contributed by atoms with Crippen LogP contribution in [0.3, 0.4) is 0 Å². The molecule has 0 bridgehead atoms. The van der Waals surface area contributed by atoms with E-state index in [0.29, 0.717) is 28.9 Å². The van der Waals surface area contributed by atoms with E-state index in [4.69, 9.17) is 28.8 Å². The summed E-state index contributed by atoms with van der Waals surface area (Å²) in [5.41, 5.74) is 8.80. The zero-order valence-corrected chi connectivity index (χ0v) is 31.0. The highest BCUT2D eigenvalue weighted by Crippen LogP contribution is 2.42. The average Bonchev–Trinajstić information content (AvgIpc) is 4.00. The van der Waals surface area contributed by atoms with Gasteiger partial charge in [-0.1, -0.05) is 121 Å². The first kappa shape index (κ1) is 31.8. The molecule has 0 amide bonds. The maximum atomic E-state index is 6.47. The predicted molar refractivity (Wildman–Crippen MR) is 232 cm³/mol. The fourth-order valence-corrected chi connectivity index (χ4v) is 9.22. The third kappa shape index (κ3) is 5.17. The maximum Gasteiger partial charge on any atom is 0.227 e. The van der Waals surface area contributed by atoms with E-state index in [1.165, 1.54) is 20.2 Å². The number of furan rings is 1. The lowest BCUT2D eigenvalue weighted by atomic mass is 9.99. The molecule has 266 valence electrons. The van der Waals surface area contributed by atoms with Gasteiger partial charge in [-0.25, -0.2) is 19.9 Å². The van der Waals surface area contributed by atoms with Crippen LogP contribution in [0.25, 0.3) is 121 Å². The highest BCUT2D eigenvalue weighted by atomic mass is 32.1. The van der Waals surface area contributed by atoms with Gasteiger partial charge in [-0.05, 0) is 70.4 Å². The lowest BCUT2D eigenvalue weighted by Crippen LogP contribution is -2.01. The Labute approximate surface area is 329 Å². The van der Waals surface area contributed by atoms with Gasteiger partial charge in [0.2, 0.25) is 5.89 Å². The van der Waals surface area contributed by atoms with Gasteiger partial charge in [-0.3, -0.25) is 0 Å². The van der Waals surface area contributed by atoms with E-state index in [1.807, 2.05) is 60.7 Å². The van der Waals surface area contributed by atoms with Gasteiger partial charge >= 0.3 is 0 Å². The van der Waals surface area contributed by atoms with E-state index in [-0.39, 0.29) is 0 Å². The molecule has 0 radical (unpaired) electrons. The molecular formula is C50H28N4O2S. The van der Waals surface area contributed by atoms with Crippen molar-refractivity contribution in [1.82, 2.24) is 19.9 Å². The second-order valence-corrected chi connectivity index (χ2v) is 15.3. The van der Waals surface area contributed by atoms with Crippen LogP contribution in [0.4, 0.5) is 0 Å². The third-order valence-electron chi connectivity index (χ3n) is 10.8. The summed E-state index contributed by atoms with van der Waals surface area (Å²) < 4.78 is 15.2. The van der Waals surface area contributed by atoms with Crippen LogP contribution in [0.2, 0.25) is 0 Å². The van der Waals surface area contributed by atoms with Gasteiger partial charge in [-0.15, -0.1) is 11.3 Å². The molecule has 0 atom stereocenters. The van der Waals surface area contributed by atoms with E-state index in [2.05, 4.69) is 109 Å². The van der Waals surface area contributed by atoms with Gasteiger partial charge in [0.25, 0.3) is 0 Å². The molecule has 0 aliphatic carbocycles. The minimum atomic E-state index is 0.572. The van der Waals surface area contributed by atoms with Crippen molar-refractivity contribution in [3.05, 3.63) is 170 Å². The quantitative estimate of drug-likeness (QED) is 0.174. The summed E-state index contributed by atoms with van der Waals surface area (Å²) in [5, 5.41) is 6.46. The molecule has 0 spiro atoms. The van der Waals surface area contributed by atoms with Crippen LogP contribution in [-0.4, -0.2) is 19.9 Å². The Morgan fingerprint density at radius 3 is 1.82 bits per heavy atom. The van der Waals surface area contributed by atoms with Crippen molar-refractivity contribution in [2.45, 2.75) is 0 Å². The highest BCUT2D eigenvalue weighted by molar-refractivity contribution is 7.25. The number of rotatable bonds is 5. The Kier molecular flexibility index (Phi) is 7.00. The van der Waals surface area contributed by atoms with E-state index < -0.39 is 0 Å². The molecule has 12 rings (SSSR count). The molecule has 4 heterocycles. The van der Waals surface area contributed by atoms with Crippen LogP contribution in [0.1, 0.15) is 0 Å². The van der Waals surface area contributed by atoms with Crippen molar-refractivity contribution in [3.63, 3.8) is 0 Å². The molecule has 12 aromatic rings. The first-order chi connectivity index (χ1) is 28.2. The van der Waals surface area contributed by atoms with Crippen molar-refractivity contribution in [2.75, 3.05) is 0 Å². The van der Waals surface area contributed by atoms with Gasteiger partial charge in [0, 0.05) is 47.8 Å². The van der Waals surface area contributed by atoms with Crippen LogP contribution in [0.5, 0.6) is 0 Å². The fourth-order valence-electron chi connectivity index (χ4n) is 8.07. The zero-order chi connectivity index (χ0) is 37.5. The molecule has 0 aliphatic heterocycles. The van der Waals surface area contributed by atoms with Crippen LogP contribution >= 0.6 is 11.3 Å². The van der Waals surface area contributed by atoms with E-state index in [1.54, 1.807) is 11.3 Å². The molecule has 0 saturated heterocycles. The minimum absolute atomic E-state index is 0.572. The number of fused-ring (bicyclic) bond motifs is 10. The van der Waals surface area contributed by atoms with Gasteiger partial charge in [0.05, 0.1) is 5.39 Å². The van der Waals surface area contributed by atoms with Gasteiger partial charge in [-0.2, -0.15) is 0 Å². The van der Waals surface area contributed by atoms with Crippen LogP contribution in [0.15, 0.2) is 179 Å². The summed E-state index contributed by atoms with van der Waals surface area (Å²) in [4.78, 5) is 20.7. The number of nitrogens with zero attached hydrogens (tertiary/aromatic N) is 4. The highest BCUT2D eigenvalue weighted by Gasteiger charge is 2.21. The Hall–Kier alpha value is -7.48. The maximum absolute atomic E-state index is 6.47. The van der Waals surface area contributed by atoms with Crippen molar-refractivity contribution in [2.24, 2.45) is 0 Å². The van der Waals surface area contributed by atoms with Crippen molar-refractivity contribution in [3.8, 4) is 56.7 Å². The van der Waals surface area contributed by atoms with Gasteiger partial charge < -0.3 is 8.83 Å². The predicted octanol–water partition coefficient (Wildman–Crippen LogP) is 13.8. The SMILES string of the molecule is c1ccc(-c2nc3c(ccc4oc5ccc6ccc(-c7nc(-c8ccc9c(c8)sc8ccccc89)nc(-c8ccccc8-c8ccccc8)n7)cc6c5c43)o2)cc1. The zero-order valence-electron chi connectivity index (χ0n) is 30.2. The van der Waals surface area contributed by atoms with Crippen LogP contribution in [-0.2, 0) is 0 Å². The number of benzene rings is 8. The average molecular weight is 749 g/mol. The number of thiophene rings is 1. The lowest BCUT2D eigenvalue weighted by Gasteiger charge is -2.12. The van der Waals surface area contributed by atoms with E-state index >= 15 is 0 Å². The molecular weight excluding hydrogens is 721 g/mol. The molecule has 6 nitrogen and oxygen atoms in total. The summed E-state index contributed by atoms with van der Waals surface area (Å²) in [6.45, 7) is 0. The van der Waals surface area contributed by atoms with Crippen molar-refractivity contribution < 1.29 is 8.83 Å². The van der Waals surface area contributed by atoms with E-state index in [9.17, 15) is 0 Å². The molecule has 8 aromatic carbocycles. The topological polar surface area (TPSA) is 77.8 Å². The molecule has 0 N–H and O–H groups in total. The lowest BCUT2D eigenvalue weighted by molar-refractivity contribution is 0.619. The first-order valence-corrected chi connectivity index (χ1v) is 19.6. The van der Waals surface area contributed by atoms with Gasteiger partial charge in [0.15, 0.2) is 23.1 Å². The third-order valence-corrected chi connectivity index (χ3v) is 11.9. The molecule has 0 fully saturated rings. The van der Waals surface area contributed by atoms with Gasteiger partial charge in [0.1, 0.15) is 16.7 Å². The Balaban J connectivity index is 1.09. The monoisotopic (exact) mass is 748 g/mol. The molecule has 57 heavy (non-hydrogen) atoms. The standard InChI is InChI=1S/C50H28N4O2S/c1-3-11-29(12-4-1)34-15-7-8-17-37(34)49-53-47(52-48(54-49)33-21-23-36-35-16-9-10-18-42(35)57-43(36)28-33)32-20-19-30-22-24-39-44(38(30)27-32)45-40(55-39)25-26-41-46(45)51-50(56-41)31-13-5-2-6-14-31/h1-28H. The Bertz CT molecular complexity index is 3530. The smallest absolute Gasteiger partial charge is 0.227 e. The normalized spacial score (nSPS) is 11.9. The summed E-state index contributed by atoms with van der Waals surface area (Å²) in [7, 11) is 0. The number of oxazole rings is 1. The van der Waals surface area contributed by atoms with Crippen molar-refractivity contribution in [1.29, 1.82) is 0 Å².